The van der Waals surface area contributed by atoms with Gasteiger partial charge in [0.1, 0.15) is 17.1 Å². The van der Waals surface area contributed by atoms with Gasteiger partial charge >= 0.3 is 0 Å². The van der Waals surface area contributed by atoms with Gasteiger partial charge in [0.15, 0.2) is 0 Å². The molecule has 0 bridgehead atoms. The molecule has 0 heterocycles. The van der Waals surface area contributed by atoms with Crippen molar-refractivity contribution in [1.29, 1.82) is 0 Å². The van der Waals surface area contributed by atoms with Gasteiger partial charge in [0.2, 0.25) is 0 Å². The first-order valence-electron chi connectivity index (χ1n) is 7.97. The highest BCUT2D eigenvalue weighted by molar-refractivity contribution is 5.98. The first kappa shape index (κ1) is 17.2. The second-order valence-corrected chi connectivity index (χ2v) is 5.52. The maximum absolute atomic E-state index is 12.3. The maximum atomic E-state index is 12.3. The van der Waals surface area contributed by atoms with E-state index >= 15 is 0 Å². The molecule has 1 N–H and O–H groups in total. The lowest BCUT2D eigenvalue weighted by Crippen LogP contribution is -2.23. The molecule has 26 heavy (non-hydrogen) atoms. The zero-order valence-electron chi connectivity index (χ0n) is 13.8. The molecule has 3 aromatic rings. The molecule has 0 aliphatic carbocycles. The van der Waals surface area contributed by atoms with Gasteiger partial charge in [-0.1, -0.05) is 42.5 Å². The molecule has 3 rings (SSSR count). The van der Waals surface area contributed by atoms with Crippen LogP contribution in [0.2, 0.25) is 0 Å². The van der Waals surface area contributed by atoms with Crippen LogP contribution in [0.3, 0.4) is 0 Å². The molecule has 0 aliphatic rings. The Kier molecular flexibility index (Phi) is 5.24. The van der Waals surface area contributed by atoms with E-state index in [0.717, 1.165) is 5.56 Å². The van der Waals surface area contributed by atoms with Gasteiger partial charge in [-0.25, -0.2) is 0 Å². The number of nitrogens with one attached hydrogen (secondary N) is 1. The molecule has 0 spiro atoms. The normalized spacial score (nSPS) is 10.2. The Balaban J connectivity index is 1.68. The molecule has 0 saturated carbocycles. The molecule has 6 nitrogen and oxygen atoms in total. The molecule has 3 aromatic carbocycles. The Morgan fingerprint density at radius 3 is 2.38 bits per heavy atom. The Bertz CT molecular complexity index is 926. The van der Waals surface area contributed by atoms with Crippen LogP contribution >= 0.6 is 0 Å². The third kappa shape index (κ3) is 4.24. The molecule has 0 unspecified atom stereocenters. The van der Waals surface area contributed by atoms with E-state index < -0.39 is 10.8 Å². The summed E-state index contributed by atoms with van der Waals surface area (Å²) in [5.74, 6) is 0.869. The van der Waals surface area contributed by atoms with Gasteiger partial charge in [0, 0.05) is 12.6 Å². The SMILES string of the molecule is O=C(NCc1cccc(Oc2ccccc2)c1)c1ccccc1[N+](=O)[O-]. The number of rotatable bonds is 6. The van der Waals surface area contributed by atoms with Crippen molar-refractivity contribution in [2.75, 3.05) is 0 Å². The number of carbonyl (C=O) groups excluding carboxylic acids is 1. The van der Waals surface area contributed by atoms with E-state index in [1.54, 1.807) is 6.07 Å². The average Bonchev–Trinajstić information content (AvgIpc) is 2.67. The zero-order valence-corrected chi connectivity index (χ0v) is 13.8. The molecule has 0 aromatic heterocycles. The first-order chi connectivity index (χ1) is 12.6. The third-order valence-electron chi connectivity index (χ3n) is 3.68. The third-order valence-corrected chi connectivity index (χ3v) is 3.68. The van der Waals surface area contributed by atoms with Crippen molar-refractivity contribution in [3.63, 3.8) is 0 Å². The van der Waals surface area contributed by atoms with E-state index in [2.05, 4.69) is 5.32 Å². The number of para-hydroxylation sites is 2. The highest BCUT2D eigenvalue weighted by Crippen LogP contribution is 2.22. The van der Waals surface area contributed by atoms with E-state index in [-0.39, 0.29) is 17.8 Å². The fourth-order valence-electron chi connectivity index (χ4n) is 2.45. The number of benzene rings is 3. The quantitative estimate of drug-likeness (QED) is 0.531. The lowest BCUT2D eigenvalue weighted by atomic mass is 10.1. The molecule has 130 valence electrons. The Morgan fingerprint density at radius 1 is 0.923 bits per heavy atom. The summed E-state index contributed by atoms with van der Waals surface area (Å²) >= 11 is 0. The number of nitrogens with zero attached hydrogens (tertiary/aromatic N) is 1. The van der Waals surface area contributed by atoms with Gasteiger partial charge < -0.3 is 10.1 Å². The number of nitro benzene ring substituents is 1. The fraction of sp³-hybridized carbons (Fsp3) is 0.0500. The lowest BCUT2D eigenvalue weighted by Gasteiger charge is -2.09. The second kappa shape index (κ2) is 7.94. The van der Waals surface area contributed by atoms with Crippen molar-refractivity contribution in [3.05, 3.63) is 100 Å². The Hall–Kier alpha value is -3.67. The minimum Gasteiger partial charge on any atom is -0.457 e. The molecule has 0 aliphatic heterocycles. The van der Waals surface area contributed by atoms with E-state index in [4.69, 9.17) is 4.74 Å². The summed E-state index contributed by atoms with van der Waals surface area (Å²) in [6.07, 6.45) is 0. The molecule has 0 fully saturated rings. The molecule has 0 radical (unpaired) electrons. The summed E-state index contributed by atoms with van der Waals surface area (Å²) in [6, 6.07) is 22.5. The van der Waals surface area contributed by atoms with Crippen LogP contribution < -0.4 is 10.1 Å². The number of amides is 1. The van der Waals surface area contributed by atoms with Crippen molar-refractivity contribution in [3.8, 4) is 11.5 Å². The van der Waals surface area contributed by atoms with Crippen molar-refractivity contribution in [1.82, 2.24) is 5.32 Å². The minimum atomic E-state index is -0.566. The monoisotopic (exact) mass is 348 g/mol. The molecular formula is C20H16N2O4. The number of hydrogen-bond donors (Lipinski definition) is 1. The molecular weight excluding hydrogens is 332 g/mol. The average molecular weight is 348 g/mol. The summed E-state index contributed by atoms with van der Waals surface area (Å²) in [5.41, 5.74) is 0.644. The van der Waals surface area contributed by atoms with Crippen LogP contribution in [-0.4, -0.2) is 10.8 Å². The van der Waals surface area contributed by atoms with Crippen molar-refractivity contribution in [2.24, 2.45) is 0 Å². The predicted molar refractivity (Wildman–Crippen MR) is 97.2 cm³/mol. The van der Waals surface area contributed by atoms with Gasteiger partial charge in [0.25, 0.3) is 11.6 Å². The van der Waals surface area contributed by atoms with Crippen LogP contribution in [0.1, 0.15) is 15.9 Å². The fourth-order valence-corrected chi connectivity index (χ4v) is 2.45. The van der Waals surface area contributed by atoms with E-state index in [1.165, 1.54) is 18.2 Å². The van der Waals surface area contributed by atoms with Crippen LogP contribution in [0.4, 0.5) is 5.69 Å². The van der Waals surface area contributed by atoms with Gasteiger partial charge in [-0.05, 0) is 35.9 Å². The summed E-state index contributed by atoms with van der Waals surface area (Å²) in [6.45, 7) is 0.233. The first-order valence-corrected chi connectivity index (χ1v) is 7.97. The van der Waals surface area contributed by atoms with Crippen LogP contribution in [-0.2, 0) is 6.54 Å². The Morgan fingerprint density at radius 2 is 1.62 bits per heavy atom. The number of carbonyl (C=O) groups is 1. The topological polar surface area (TPSA) is 81.5 Å². The van der Waals surface area contributed by atoms with Gasteiger partial charge in [-0.3, -0.25) is 14.9 Å². The number of hydrogen-bond acceptors (Lipinski definition) is 4. The van der Waals surface area contributed by atoms with Gasteiger partial charge in [-0.15, -0.1) is 0 Å². The van der Waals surface area contributed by atoms with E-state index in [1.807, 2.05) is 54.6 Å². The van der Waals surface area contributed by atoms with E-state index in [0.29, 0.717) is 11.5 Å². The molecule has 0 atom stereocenters. The van der Waals surface area contributed by atoms with Crippen LogP contribution in [0.25, 0.3) is 0 Å². The summed E-state index contributed by atoms with van der Waals surface area (Å²) in [7, 11) is 0. The zero-order chi connectivity index (χ0) is 18.4. The number of ether oxygens (including phenoxy) is 1. The maximum Gasteiger partial charge on any atom is 0.282 e. The van der Waals surface area contributed by atoms with Gasteiger partial charge in [0.05, 0.1) is 4.92 Å². The van der Waals surface area contributed by atoms with Crippen LogP contribution in [0.5, 0.6) is 11.5 Å². The van der Waals surface area contributed by atoms with Crippen molar-refractivity contribution in [2.45, 2.75) is 6.54 Å². The lowest BCUT2D eigenvalue weighted by molar-refractivity contribution is -0.385. The minimum absolute atomic E-state index is 0.0363. The highest BCUT2D eigenvalue weighted by Gasteiger charge is 2.18. The molecule has 1 amide bonds. The summed E-state index contributed by atoms with van der Waals surface area (Å²) in [5, 5.41) is 13.7. The van der Waals surface area contributed by atoms with Crippen LogP contribution in [0, 0.1) is 10.1 Å². The molecule has 6 heteroatoms. The Labute approximate surface area is 150 Å². The largest absolute Gasteiger partial charge is 0.457 e. The number of nitro groups is 1. The highest BCUT2D eigenvalue weighted by atomic mass is 16.6. The summed E-state index contributed by atoms with van der Waals surface area (Å²) in [4.78, 5) is 22.7. The van der Waals surface area contributed by atoms with Crippen LogP contribution in [0.15, 0.2) is 78.9 Å². The van der Waals surface area contributed by atoms with Crippen molar-refractivity contribution < 1.29 is 14.5 Å². The standard InChI is InChI=1S/C20H16N2O4/c23-20(18-11-4-5-12-19(18)22(24)25)21-14-15-7-6-10-17(13-15)26-16-8-2-1-3-9-16/h1-13H,14H2,(H,21,23). The van der Waals surface area contributed by atoms with Gasteiger partial charge in [-0.2, -0.15) is 0 Å². The van der Waals surface area contributed by atoms with E-state index in [9.17, 15) is 14.9 Å². The predicted octanol–water partition coefficient (Wildman–Crippen LogP) is 4.32. The second-order valence-electron chi connectivity index (χ2n) is 5.52. The van der Waals surface area contributed by atoms with Crippen molar-refractivity contribution >= 4 is 11.6 Å². The smallest absolute Gasteiger partial charge is 0.282 e. The summed E-state index contributed by atoms with van der Waals surface area (Å²) < 4.78 is 5.76. The molecule has 0 saturated heterocycles.